The van der Waals surface area contributed by atoms with E-state index in [-0.39, 0.29) is 16.6 Å². The maximum Gasteiger partial charge on any atom is 0.243 e. The number of hydrogen-bond donors (Lipinski definition) is 1. The molecular weight excluding hydrogens is 434 g/mol. The van der Waals surface area contributed by atoms with E-state index in [2.05, 4.69) is 15.4 Å². The zero-order chi connectivity index (χ0) is 22.4. The molecule has 8 nitrogen and oxygen atoms in total. The van der Waals surface area contributed by atoms with Gasteiger partial charge in [-0.15, -0.1) is 5.10 Å². The van der Waals surface area contributed by atoms with E-state index in [0.717, 1.165) is 5.69 Å². The lowest BCUT2D eigenvalue weighted by atomic mass is 10.2. The van der Waals surface area contributed by atoms with Crippen LogP contribution in [0, 0.1) is 6.92 Å². The first-order chi connectivity index (χ1) is 14.8. The quantitative estimate of drug-likeness (QED) is 0.493. The number of hydrogen-bond acceptors (Lipinski definition) is 6. The monoisotopic (exact) mass is 459 g/mol. The second kappa shape index (κ2) is 10.1. The summed E-state index contributed by atoms with van der Waals surface area (Å²) in [5.74, 6) is -0.166. The molecule has 1 amide bonds. The summed E-state index contributed by atoms with van der Waals surface area (Å²) in [4.78, 5) is 16.8. The molecule has 1 N–H and O–H groups in total. The number of para-hydroxylation sites is 1. The Morgan fingerprint density at radius 3 is 2.52 bits per heavy atom. The van der Waals surface area contributed by atoms with Gasteiger partial charge >= 0.3 is 0 Å². The van der Waals surface area contributed by atoms with Crippen molar-refractivity contribution in [3.8, 4) is 5.69 Å². The second-order valence-corrected chi connectivity index (χ2v) is 9.56. The molecule has 0 aliphatic carbocycles. The minimum atomic E-state index is -3.61. The lowest BCUT2D eigenvalue weighted by Gasteiger charge is -2.20. The van der Waals surface area contributed by atoms with Gasteiger partial charge in [0.05, 0.1) is 16.3 Å². The molecular formula is C21H25N5O3S2. The first-order valence-electron chi connectivity index (χ1n) is 9.85. The van der Waals surface area contributed by atoms with Gasteiger partial charge < -0.3 is 5.32 Å². The number of sulfonamides is 1. The number of amides is 1. The number of carbonyl (C=O) groups excluding carboxylic acids is 1. The van der Waals surface area contributed by atoms with Crippen molar-refractivity contribution >= 4 is 33.4 Å². The number of aryl methyl sites for hydroxylation is 1. The number of rotatable bonds is 9. The van der Waals surface area contributed by atoms with Crippen molar-refractivity contribution in [1.29, 1.82) is 0 Å². The molecule has 0 fully saturated rings. The van der Waals surface area contributed by atoms with Gasteiger partial charge in [0.25, 0.3) is 0 Å². The first kappa shape index (κ1) is 23.0. The van der Waals surface area contributed by atoms with E-state index in [1.165, 1.54) is 22.1 Å². The van der Waals surface area contributed by atoms with Crippen molar-refractivity contribution in [2.75, 3.05) is 24.2 Å². The SMILES string of the molecule is CCN(CC)S(=O)(=O)c1cc(NC(=O)CSc2ncn(-c3ccccc3)n2)ccc1C. The van der Waals surface area contributed by atoms with Gasteiger partial charge in [-0.25, -0.2) is 18.1 Å². The molecule has 164 valence electrons. The van der Waals surface area contributed by atoms with E-state index in [9.17, 15) is 13.2 Å². The Morgan fingerprint density at radius 2 is 1.84 bits per heavy atom. The summed E-state index contributed by atoms with van der Waals surface area (Å²) in [7, 11) is -3.61. The number of carbonyl (C=O) groups is 1. The average Bonchev–Trinajstić information content (AvgIpc) is 3.24. The van der Waals surface area contributed by atoms with Crippen LogP contribution in [0.1, 0.15) is 19.4 Å². The zero-order valence-corrected chi connectivity index (χ0v) is 19.3. The largest absolute Gasteiger partial charge is 0.325 e. The third kappa shape index (κ3) is 5.52. The third-order valence-electron chi connectivity index (χ3n) is 4.62. The molecule has 31 heavy (non-hydrogen) atoms. The van der Waals surface area contributed by atoms with Crippen LogP contribution in [0.3, 0.4) is 0 Å². The fraction of sp³-hybridized carbons (Fsp3) is 0.286. The highest BCUT2D eigenvalue weighted by atomic mass is 32.2. The van der Waals surface area contributed by atoms with Crippen molar-refractivity contribution in [2.45, 2.75) is 30.8 Å². The average molecular weight is 460 g/mol. The Labute approximate surface area is 186 Å². The number of nitrogens with one attached hydrogen (secondary N) is 1. The number of aromatic nitrogens is 3. The Kier molecular flexibility index (Phi) is 7.47. The normalized spacial score (nSPS) is 11.6. The van der Waals surface area contributed by atoms with Crippen molar-refractivity contribution in [1.82, 2.24) is 19.1 Å². The van der Waals surface area contributed by atoms with Crippen molar-refractivity contribution in [2.24, 2.45) is 0 Å². The Hall–Kier alpha value is -2.69. The Bertz CT molecular complexity index is 1140. The van der Waals surface area contributed by atoms with Crippen LogP contribution < -0.4 is 5.32 Å². The summed E-state index contributed by atoms with van der Waals surface area (Å²) in [5.41, 5.74) is 1.95. The van der Waals surface area contributed by atoms with Gasteiger partial charge in [-0.2, -0.15) is 4.31 Å². The first-order valence-corrected chi connectivity index (χ1v) is 12.3. The van der Waals surface area contributed by atoms with Gasteiger partial charge in [-0.05, 0) is 36.8 Å². The maximum atomic E-state index is 12.9. The fourth-order valence-corrected chi connectivity index (χ4v) is 5.31. The maximum absolute atomic E-state index is 12.9. The molecule has 0 atom stereocenters. The summed E-state index contributed by atoms with van der Waals surface area (Å²) < 4.78 is 28.8. The highest BCUT2D eigenvalue weighted by Crippen LogP contribution is 2.24. The summed E-state index contributed by atoms with van der Waals surface area (Å²) in [6, 6.07) is 14.5. The van der Waals surface area contributed by atoms with Gasteiger partial charge in [0.2, 0.25) is 21.1 Å². The van der Waals surface area contributed by atoms with Crippen LogP contribution in [0.15, 0.2) is 64.9 Å². The number of nitrogens with zero attached hydrogens (tertiary/aromatic N) is 4. The topological polar surface area (TPSA) is 97.2 Å². The minimum absolute atomic E-state index is 0.102. The van der Waals surface area contributed by atoms with Crippen molar-refractivity contribution in [3.63, 3.8) is 0 Å². The molecule has 3 rings (SSSR count). The molecule has 0 aliphatic rings. The van der Waals surface area contributed by atoms with Crippen molar-refractivity contribution < 1.29 is 13.2 Å². The number of thioether (sulfide) groups is 1. The molecule has 0 spiro atoms. The molecule has 0 aliphatic heterocycles. The Morgan fingerprint density at radius 1 is 1.13 bits per heavy atom. The highest BCUT2D eigenvalue weighted by Gasteiger charge is 2.24. The van der Waals surface area contributed by atoms with Crippen LogP contribution in [0.4, 0.5) is 5.69 Å². The summed E-state index contributed by atoms with van der Waals surface area (Å²) >= 11 is 1.21. The van der Waals surface area contributed by atoms with Crippen LogP contribution in [0.5, 0.6) is 0 Å². The van der Waals surface area contributed by atoms with Crippen LogP contribution >= 0.6 is 11.8 Å². The molecule has 0 unspecified atom stereocenters. The molecule has 0 radical (unpaired) electrons. The van der Waals surface area contributed by atoms with Crippen LogP contribution in [0.25, 0.3) is 5.69 Å². The number of benzene rings is 2. The predicted octanol–water partition coefficient (Wildman–Crippen LogP) is 3.34. The fourth-order valence-electron chi connectivity index (χ4n) is 3.00. The molecule has 3 aromatic rings. The lowest BCUT2D eigenvalue weighted by molar-refractivity contribution is -0.113. The van der Waals surface area contributed by atoms with E-state index in [1.807, 2.05) is 30.3 Å². The standard InChI is InChI=1S/C21H25N5O3S2/c1-4-25(5-2)31(28,29)19-13-17(12-11-16(19)3)23-20(27)14-30-21-22-15-26(24-21)18-9-7-6-8-10-18/h6-13,15H,4-5,14H2,1-3H3,(H,23,27). The zero-order valence-electron chi connectivity index (χ0n) is 17.6. The van der Waals surface area contributed by atoms with Crippen LogP contribution in [-0.2, 0) is 14.8 Å². The van der Waals surface area contributed by atoms with Crippen LogP contribution in [-0.4, -0.2) is 52.2 Å². The van der Waals surface area contributed by atoms with Crippen molar-refractivity contribution in [3.05, 3.63) is 60.4 Å². The predicted molar refractivity (Wildman–Crippen MR) is 122 cm³/mol. The molecule has 1 heterocycles. The van der Waals surface area contributed by atoms with E-state index in [4.69, 9.17) is 0 Å². The lowest BCUT2D eigenvalue weighted by Crippen LogP contribution is -2.31. The molecule has 0 saturated carbocycles. The Balaban J connectivity index is 1.66. The minimum Gasteiger partial charge on any atom is -0.325 e. The molecule has 0 saturated heterocycles. The van der Waals surface area contributed by atoms with Gasteiger partial charge in [0.15, 0.2) is 0 Å². The number of anilines is 1. The molecule has 1 aromatic heterocycles. The van der Waals surface area contributed by atoms with Crippen LogP contribution in [0.2, 0.25) is 0 Å². The van der Waals surface area contributed by atoms with Gasteiger partial charge in [0, 0.05) is 18.8 Å². The van der Waals surface area contributed by atoms with E-state index >= 15 is 0 Å². The third-order valence-corrected chi connectivity index (χ3v) is 7.66. The van der Waals surface area contributed by atoms with E-state index < -0.39 is 10.0 Å². The molecule has 2 aromatic carbocycles. The summed E-state index contributed by atoms with van der Waals surface area (Å²) in [6.07, 6.45) is 1.60. The second-order valence-electron chi connectivity index (χ2n) is 6.71. The highest BCUT2D eigenvalue weighted by molar-refractivity contribution is 7.99. The summed E-state index contributed by atoms with van der Waals surface area (Å²) in [5, 5.41) is 7.60. The molecule has 0 bridgehead atoms. The van der Waals surface area contributed by atoms with E-state index in [0.29, 0.717) is 29.5 Å². The van der Waals surface area contributed by atoms with E-state index in [1.54, 1.807) is 43.9 Å². The van der Waals surface area contributed by atoms with Gasteiger partial charge in [0.1, 0.15) is 6.33 Å². The van der Waals surface area contributed by atoms with Gasteiger partial charge in [-0.3, -0.25) is 4.79 Å². The van der Waals surface area contributed by atoms with Gasteiger partial charge in [-0.1, -0.05) is 49.9 Å². The molecule has 10 heteroatoms. The summed E-state index contributed by atoms with van der Waals surface area (Å²) in [6.45, 7) is 6.10. The smallest absolute Gasteiger partial charge is 0.243 e.